The molecule has 0 aliphatic rings. The lowest BCUT2D eigenvalue weighted by Gasteiger charge is -1.95. The third-order valence-corrected chi connectivity index (χ3v) is 3.02. The van der Waals surface area contributed by atoms with Gasteiger partial charge in [0, 0.05) is 10.9 Å². The van der Waals surface area contributed by atoms with Crippen molar-refractivity contribution in [3.8, 4) is 16.3 Å². The van der Waals surface area contributed by atoms with Crippen LogP contribution in [0.1, 0.15) is 5.69 Å². The number of hydrogen-bond acceptors (Lipinski definition) is 3. The summed E-state index contributed by atoms with van der Waals surface area (Å²) in [5, 5.41) is 12.0. The first-order chi connectivity index (χ1) is 6.79. The SMILES string of the molecule is Oc1ccc(-c2nc(CCl)cs2)cc1. The van der Waals surface area contributed by atoms with Crippen LogP contribution < -0.4 is 0 Å². The highest BCUT2D eigenvalue weighted by molar-refractivity contribution is 7.13. The number of benzene rings is 1. The fourth-order valence-corrected chi connectivity index (χ4v) is 2.16. The zero-order valence-corrected chi connectivity index (χ0v) is 8.85. The summed E-state index contributed by atoms with van der Waals surface area (Å²) < 4.78 is 0. The summed E-state index contributed by atoms with van der Waals surface area (Å²) in [6.07, 6.45) is 0. The van der Waals surface area contributed by atoms with E-state index in [2.05, 4.69) is 4.98 Å². The molecular weight excluding hydrogens is 218 g/mol. The first kappa shape index (κ1) is 9.49. The molecule has 0 spiro atoms. The Kier molecular flexibility index (Phi) is 2.70. The van der Waals surface area contributed by atoms with Gasteiger partial charge in [-0.1, -0.05) is 0 Å². The van der Waals surface area contributed by atoms with E-state index in [0.717, 1.165) is 16.3 Å². The summed E-state index contributed by atoms with van der Waals surface area (Å²) in [5.41, 5.74) is 1.89. The Labute approximate surface area is 90.8 Å². The standard InChI is InChI=1S/C10H8ClNOS/c11-5-8-6-14-10(12-8)7-1-3-9(13)4-2-7/h1-4,6,13H,5H2. The molecule has 1 heterocycles. The van der Waals surface area contributed by atoms with Gasteiger partial charge in [-0.3, -0.25) is 0 Å². The van der Waals surface area contributed by atoms with E-state index >= 15 is 0 Å². The molecule has 0 aliphatic heterocycles. The number of halogens is 1. The molecule has 72 valence electrons. The second-order valence-corrected chi connectivity index (χ2v) is 3.95. The number of rotatable bonds is 2. The predicted molar refractivity (Wildman–Crippen MR) is 58.8 cm³/mol. The van der Waals surface area contributed by atoms with E-state index in [1.165, 1.54) is 0 Å². The quantitative estimate of drug-likeness (QED) is 0.796. The van der Waals surface area contributed by atoms with Gasteiger partial charge in [-0.05, 0) is 24.3 Å². The van der Waals surface area contributed by atoms with Crippen molar-refractivity contribution in [2.75, 3.05) is 0 Å². The summed E-state index contributed by atoms with van der Waals surface area (Å²) in [7, 11) is 0. The van der Waals surface area contributed by atoms with Crippen LogP contribution in [0, 0.1) is 0 Å². The number of aromatic hydroxyl groups is 1. The van der Waals surface area contributed by atoms with E-state index in [1.807, 2.05) is 17.5 Å². The number of nitrogens with zero attached hydrogens (tertiary/aromatic N) is 1. The average molecular weight is 226 g/mol. The summed E-state index contributed by atoms with van der Waals surface area (Å²) >= 11 is 7.21. The zero-order valence-electron chi connectivity index (χ0n) is 7.27. The van der Waals surface area contributed by atoms with Gasteiger partial charge in [0.1, 0.15) is 10.8 Å². The fourth-order valence-electron chi connectivity index (χ4n) is 1.10. The van der Waals surface area contributed by atoms with E-state index in [0.29, 0.717) is 5.88 Å². The van der Waals surface area contributed by atoms with E-state index in [-0.39, 0.29) is 5.75 Å². The van der Waals surface area contributed by atoms with Gasteiger partial charge in [0.15, 0.2) is 0 Å². The van der Waals surface area contributed by atoms with Crippen molar-refractivity contribution in [2.24, 2.45) is 0 Å². The van der Waals surface area contributed by atoms with Crippen molar-refractivity contribution >= 4 is 22.9 Å². The van der Waals surface area contributed by atoms with Crippen molar-refractivity contribution in [1.82, 2.24) is 4.98 Å². The van der Waals surface area contributed by atoms with E-state index in [1.54, 1.807) is 23.5 Å². The molecule has 2 aromatic rings. The highest BCUT2D eigenvalue weighted by Gasteiger charge is 2.03. The van der Waals surface area contributed by atoms with Crippen LogP contribution in [0.5, 0.6) is 5.75 Å². The van der Waals surface area contributed by atoms with E-state index in [9.17, 15) is 0 Å². The van der Waals surface area contributed by atoms with Crippen LogP contribution in [0.15, 0.2) is 29.6 Å². The van der Waals surface area contributed by atoms with Crippen LogP contribution >= 0.6 is 22.9 Å². The topological polar surface area (TPSA) is 33.1 Å². The van der Waals surface area contributed by atoms with Gasteiger partial charge in [0.2, 0.25) is 0 Å². The Balaban J connectivity index is 2.34. The molecular formula is C10H8ClNOS. The summed E-state index contributed by atoms with van der Waals surface area (Å²) in [5.74, 6) is 0.706. The lowest BCUT2D eigenvalue weighted by Crippen LogP contribution is -1.78. The molecule has 2 nitrogen and oxygen atoms in total. The molecule has 1 N–H and O–H groups in total. The number of alkyl halides is 1. The third-order valence-electron chi connectivity index (χ3n) is 1.80. The predicted octanol–water partition coefficient (Wildman–Crippen LogP) is 3.25. The minimum Gasteiger partial charge on any atom is -0.508 e. The normalized spacial score (nSPS) is 10.4. The maximum absolute atomic E-state index is 9.12. The summed E-state index contributed by atoms with van der Waals surface area (Å²) in [4.78, 5) is 4.33. The third kappa shape index (κ3) is 1.89. The van der Waals surface area contributed by atoms with Gasteiger partial charge in [-0.2, -0.15) is 0 Å². The zero-order chi connectivity index (χ0) is 9.97. The first-order valence-electron chi connectivity index (χ1n) is 4.09. The van der Waals surface area contributed by atoms with Crippen LogP contribution in [0.2, 0.25) is 0 Å². The molecule has 0 saturated carbocycles. The average Bonchev–Trinajstić information content (AvgIpc) is 2.67. The van der Waals surface area contributed by atoms with Crippen LogP contribution in [0.25, 0.3) is 10.6 Å². The van der Waals surface area contributed by atoms with Crippen molar-refractivity contribution in [1.29, 1.82) is 0 Å². The van der Waals surface area contributed by atoms with Gasteiger partial charge in [0.25, 0.3) is 0 Å². The summed E-state index contributed by atoms with van der Waals surface area (Å²) in [6.45, 7) is 0. The smallest absolute Gasteiger partial charge is 0.123 e. The van der Waals surface area contributed by atoms with Crippen LogP contribution in [-0.4, -0.2) is 10.1 Å². The molecule has 0 amide bonds. The van der Waals surface area contributed by atoms with Gasteiger partial charge >= 0.3 is 0 Å². The Morgan fingerprint density at radius 3 is 2.57 bits per heavy atom. The number of phenolic OH excluding ortho intramolecular Hbond substituents is 1. The molecule has 0 radical (unpaired) electrons. The molecule has 0 aliphatic carbocycles. The van der Waals surface area contributed by atoms with Gasteiger partial charge < -0.3 is 5.11 Å². The van der Waals surface area contributed by atoms with E-state index < -0.39 is 0 Å². The van der Waals surface area contributed by atoms with Gasteiger partial charge in [-0.15, -0.1) is 22.9 Å². The lowest BCUT2D eigenvalue weighted by molar-refractivity contribution is 0.475. The minimum absolute atomic E-state index is 0.267. The summed E-state index contributed by atoms with van der Waals surface area (Å²) in [6, 6.07) is 6.98. The van der Waals surface area contributed by atoms with Crippen molar-refractivity contribution in [3.63, 3.8) is 0 Å². The van der Waals surface area contributed by atoms with Gasteiger partial charge in [0.05, 0.1) is 11.6 Å². The molecule has 1 aromatic heterocycles. The molecule has 0 bridgehead atoms. The van der Waals surface area contributed by atoms with Crippen molar-refractivity contribution in [3.05, 3.63) is 35.3 Å². The van der Waals surface area contributed by atoms with Gasteiger partial charge in [-0.25, -0.2) is 4.98 Å². The Hall–Kier alpha value is -1.06. The molecule has 1 aromatic carbocycles. The second kappa shape index (κ2) is 3.98. The van der Waals surface area contributed by atoms with Crippen LogP contribution in [0.3, 0.4) is 0 Å². The van der Waals surface area contributed by atoms with Crippen molar-refractivity contribution in [2.45, 2.75) is 5.88 Å². The van der Waals surface area contributed by atoms with E-state index in [4.69, 9.17) is 16.7 Å². The maximum Gasteiger partial charge on any atom is 0.123 e. The monoisotopic (exact) mass is 225 g/mol. The highest BCUT2D eigenvalue weighted by atomic mass is 35.5. The largest absolute Gasteiger partial charge is 0.508 e. The number of thiazole rings is 1. The molecule has 0 unspecified atom stereocenters. The Bertz CT molecular complexity index is 424. The van der Waals surface area contributed by atoms with Crippen molar-refractivity contribution < 1.29 is 5.11 Å². The Morgan fingerprint density at radius 1 is 1.29 bits per heavy atom. The maximum atomic E-state index is 9.12. The fraction of sp³-hybridized carbons (Fsp3) is 0.100. The molecule has 0 saturated heterocycles. The molecule has 14 heavy (non-hydrogen) atoms. The number of hydrogen-bond donors (Lipinski definition) is 1. The second-order valence-electron chi connectivity index (χ2n) is 2.82. The molecule has 4 heteroatoms. The number of aromatic nitrogens is 1. The number of phenols is 1. The van der Waals surface area contributed by atoms with Crippen LogP contribution in [-0.2, 0) is 5.88 Å². The molecule has 2 rings (SSSR count). The first-order valence-corrected chi connectivity index (χ1v) is 5.51. The Morgan fingerprint density at radius 2 is 2.00 bits per heavy atom. The van der Waals surface area contributed by atoms with Crippen LogP contribution in [0.4, 0.5) is 0 Å². The minimum atomic E-state index is 0.267. The molecule has 0 fully saturated rings. The molecule has 0 atom stereocenters. The highest BCUT2D eigenvalue weighted by Crippen LogP contribution is 2.25. The lowest BCUT2D eigenvalue weighted by atomic mass is 10.2.